The van der Waals surface area contributed by atoms with E-state index < -0.39 is 48.5 Å². The Labute approximate surface area is 216 Å². The van der Waals surface area contributed by atoms with Gasteiger partial charge in [-0.1, -0.05) is 60.7 Å². The number of benzene rings is 3. The molecule has 5 rings (SSSR count). The molecule has 1 saturated heterocycles. The lowest BCUT2D eigenvalue weighted by molar-refractivity contribution is -0.277. The van der Waals surface area contributed by atoms with Crippen molar-refractivity contribution in [2.24, 2.45) is 0 Å². The molecule has 4 aromatic rings. The van der Waals surface area contributed by atoms with Crippen molar-refractivity contribution in [1.29, 1.82) is 0 Å². The first kappa shape index (κ1) is 25.7. The zero-order valence-electron chi connectivity index (χ0n) is 20.0. The Morgan fingerprint density at radius 3 is 2.24 bits per heavy atom. The number of aliphatic hydroxyl groups excluding tert-OH is 4. The van der Waals surface area contributed by atoms with Gasteiger partial charge in [0.1, 0.15) is 47.8 Å². The van der Waals surface area contributed by atoms with Gasteiger partial charge in [0.2, 0.25) is 12.0 Å². The molecule has 0 amide bonds. The number of ether oxygens (including phenoxy) is 3. The molecule has 0 bridgehead atoms. The first-order chi connectivity index (χ1) is 18.4. The van der Waals surface area contributed by atoms with Gasteiger partial charge in [0.15, 0.2) is 16.9 Å². The third kappa shape index (κ3) is 4.95. The first-order valence-corrected chi connectivity index (χ1v) is 11.9. The summed E-state index contributed by atoms with van der Waals surface area (Å²) < 4.78 is 23.1. The fourth-order valence-corrected chi connectivity index (χ4v) is 4.25. The quantitative estimate of drug-likeness (QED) is 0.243. The summed E-state index contributed by atoms with van der Waals surface area (Å²) in [7, 11) is 0. The molecule has 0 saturated carbocycles. The van der Waals surface area contributed by atoms with E-state index in [1.54, 1.807) is 36.4 Å². The topological polar surface area (TPSA) is 159 Å². The summed E-state index contributed by atoms with van der Waals surface area (Å²) in [6.45, 7) is -0.654. The van der Waals surface area contributed by atoms with Crippen LogP contribution in [-0.2, 0) is 11.3 Å². The predicted molar refractivity (Wildman–Crippen MR) is 135 cm³/mol. The molecule has 5 atom stereocenters. The summed E-state index contributed by atoms with van der Waals surface area (Å²) in [5.41, 5.74) is 0.844. The van der Waals surface area contributed by atoms with Crippen LogP contribution in [-0.4, -0.2) is 62.8 Å². The molecule has 5 N–H and O–H groups in total. The van der Waals surface area contributed by atoms with Crippen molar-refractivity contribution in [2.75, 3.05) is 6.61 Å². The number of rotatable bonds is 7. The Hall–Kier alpha value is -3.93. The Kier molecular flexibility index (Phi) is 7.32. The number of hydrogen-bond acceptors (Lipinski definition) is 10. The summed E-state index contributed by atoms with van der Waals surface area (Å²) in [6, 6.07) is 20.5. The molecule has 0 spiro atoms. The van der Waals surface area contributed by atoms with E-state index in [0.29, 0.717) is 5.56 Å². The minimum Gasteiger partial charge on any atom is -0.504 e. The van der Waals surface area contributed by atoms with Gasteiger partial charge in [0.05, 0.1) is 6.61 Å². The maximum absolute atomic E-state index is 13.1. The smallest absolute Gasteiger partial charge is 0.229 e. The van der Waals surface area contributed by atoms with E-state index in [-0.39, 0.29) is 34.8 Å². The van der Waals surface area contributed by atoms with Gasteiger partial charge in [-0.25, -0.2) is 0 Å². The van der Waals surface area contributed by atoms with Crippen LogP contribution in [0.4, 0.5) is 0 Å². The molecule has 38 heavy (non-hydrogen) atoms. The van der Waals surface area contributed by atoms with Gasteiger partial charge in [0, 0.05) is 17.7 Å². The van der Waals surface area contributed by atoms with Crippen molar-refractivity contribution >= 4 is 11.0 Å². The van der Waals surface area contributed by atoms with Crippen LogP contribution in [0.1, 0.15) is 5.56 Å². The van der Waals surface area contributed by atoms with Crippen LogP contribution in [0.5, 0.6) is 17.2 Å². The molecule has 10 nitrogen and oxygen atoms in total. The van der Waals surface area contributed by atoms with E-state index in [9.17, 15) is 30.3 Å². The lowest BCUT2D eigenvalue weighted by Crippen LogP contribution is -2.60. The Bertz CT molecular complexity index is 1450. The van der Waals surface area contributed by atoms with Gasteiger partial charge in [-0.15, -0.1) is 0 Å². The van der Waals surface area contributed by atoms with Crippen LogP contribution < -0.4 is 14.9 Å². The van der Waals surface area contributed by atoms with Gasteiger partial charge in [-0.2, -0.15) is 0 Å². The predicted octanol–water partition coefficient (Wildman–Crippen LogP) is 1.92. The van der Waals surface area contributed by atoms with Crippen molar-refractivity contribution in [3.05, 3.63) is 88.6 Å². The van der Waals surface area contributed by atoms with Crippen LogP contribution in [0.3, 0.4) is 0 Å². The molecule has 0 aliphatic carbocycles. The van der Waals surface area contributed by atoms with Gasteiger partial charge in [-0.05, 0) is 5.56 Å². The Morgan fingerprint density at radius 2 is 1.55 bits per heavy atom. The van der Waals surface area contributed by atoms with Gasteiger partial charge < -0.3 is 44.2 Å². The molecular formula is C28H26O10. The lowest BCUT2D eigenvalue weighted by Gasteiger charge is -2.39. The number of fused-ring (bicyclic) bond motifs is 1. The van der Waals surface area contributed by atoms with Crippen LogP contribution >= 0.6 is 0 Å². The fraction of sp³-hybridized carbons (Fsp3) is 0.250. The van der Waals surface area contributed by atoms with E-state index in [0.717, 1.165) is 5.56 Å². The highest BCUT2D eigenvalue weighted by atomic mass is 16.7. The highest BCUT2D eigenvalue weighted by Gasteiger charge is 2.45. The highest BCUT2D eigenvalue weighted by molar-refractivity contribution is 5.89. The van der Waals surface area contributed by atoms with Crippen LogP contribution in [0, 0.1) is 0 Å². The van der Waals surface area contributed by atoms with E-state index >= 15 is 0 Å². The number of phenols is 1. The summed E-state index contributed by atoms with van der Waals surface area (Å²) in [6.07, 6.45) is -7.76. The average molecular weight is 523 g/mol. The van der Waals surface area contributed by atoms with E-state index in [1.807, 2.05) is 24.3 Å². The second-order valence-electron chi connectivity index (χ2n) is 8.86. The summed E-state index contributed by atoms with van der Waals surface area (Å²) in [5, 5.41) is 51.3. The summed E-state index contributed by atoms with van der Waals surface area (Å²) in [5.74, 6) is -0.688. The number of hydrogen-bond donors (Lipinski definition) is 5. The molecule has 2 heterocycles. The van der Waals surface area contributed by atoms with E-state index in [1.165, 1.54) is 12.1 Å². The highest BCUT2D eigenvalue weighted by Crippen LogP contribution is 2.44. The van der Waals surface area contributed by atoms with Crippen molar-refractivity contribution in [3.63, 3.8) is 0 Å². The van der Waals surface area contributed by atoms with Gasteiger partial charge >= 0.3 is 0 Å². The monoisotopic (exact) mass is 522 g/mol. The minimum atomic E-state index is -1.71. The SMILES string of the molecule is O=c1cc(-c2ccccc2)oc2cc(O[C@H]3O[C@H](CO)[C@@H](O)[C@H](O)[C@H]3O)c(OCc3ccccc3)c(O)c12. The van der Waals surface area contributed by atoms with Crippen LogP contribution in [0.15, 0.2) is 82.0 Å². The largest absolute Gasteiger partial charge is 0.504 e. The molecule has 3 aromatic carbocycles. The molecule has 198 valence electrons. The number of aliphatic hydroxyl groups is 4. The molecule has 1 aliphatic heterocycles. The molecular weight excluding hydrogens is 496 g/mol. The van der Waals surface area contributed by atoms with Crippen molar-refractivity contribution in [2.45, 2.75) is 37.3 Å². The molecule has 1 fully saturated rings. The molecule has 1 aliphatic rings. The summed E-state index contributed by atoms with van der Waals surface area (Å²) in [4.78, 5) is 13.1. The third-order valence-corrected chi connectivity index (χ3v) is 6.29. The maximum Gasteiger partial charge on any atom is 0.229 e. The number of aromatic hydroxyl groups is 1. The molecule has 0 unspecified atom stereocenters. The average Bonchev–Trinajstić information content (AvgIpc) is 2.93. The van der Waals surface area contributed by atoms with Gasteiger partial charge in [-0.3, -0.25) is 4.79 Å². The first-order valence-electron chi connectivity index (χ1n) is 11.9. The normalized spacial score (nSPS) is 23.3. The van der Waals surface area contributed by atoms with Crippen molar-refractivity contribution in [1.82, 2.24) is 0 Å². The molecule has 1 aromatic heterocycles. The van der Waals surface area contributed by atoms with Crippen LogP contribution in [0.2, 0.25) is 0 Å². The molecule has 10 heteroatoms. The van der Waals surface area contributed by atoms with E-state index in [4.69, 9.17) is 18.6 Å². The summed E-state index contributed by atoms with van der Waals surface area (Å²) >= 11 is 0. The molecule has 0 radical (unpaired) electrons. The third-order valence-electron chi connectivity index (χ3n) is 6.29. The zero-order valence-corrected chi connectivity index (χ0v) is 20.0. The minimum absolute atomic E-state index is 0.00161. The van der Waals surface area contributed by atoms with E-state index in [2.05, 4.69) is 0 Å². The fourth-order valence-electron chi connectivity index (χ4n) is 4.25. The van der Waals surface area contributed by atoms with Crippen molar-refractivity contribution < 1.29 is 44.2 Å². The second kappa shape index (κ2) is 10.8. The standard InChI is InChI=1S/C28H26O10/c29-13-21-23(31)25(33)26(34)28(38-21)37-20-12-19-22(17(30)11-18(36-19)16-9-5-2-6-10-16)24(32)27(20)35-14-15-7-3-1-4-8-15/h1-12,21,23,25-26,28-29,31-34H,13-14H2/t21-,23-,25+,26-,28+/m1/s1. The van der Waals surface area contributed by atoms with Gasteiger partial charge in [0.25, 0.3) is 0 Å². The Balaban J connectivity index is 1.60. The van der Waals surface area contributed by atoms with Crippen LogP contribution in [0.25, 0.3) is 22.3 Å². The maximum atomic E-state index is 13.1. The van der Waals surface area contributed by atoms with Crippen molar-refractivity contribution in [3.8, 4) is 28.6 Å². The second-order valence-corrected chi connectivity index (χ2v) is 8.86. The number of phenolic OH excluding ortho intramolecular Hbond substituents is 1. The Morgan fingerprint density at radius 1 is 0.868 bits per heavy atom. The lowest BCUT2D eigenvalue weighted by atomic mass is 9.99. The zero-order chi connectivity index (χ0) is 26.8.